The molecule has 0 aromatic carbocycles. The Bertz CT molecular complexity index is 321. The molecule has 1 heterocycles. The maximum absolute atomic E-state index is 11.0. The second-order valence-corrected chi connectivity index (χ2v) is 7.22. The van der Waals surface area contributed by atoms with Gasteiger partial charge in [0.25, 0.3) is 0 Å². The van der Waals surface area contributed by atoms with Crippen LogP contribution in [0.15, 0.2) is 0 Å². The van der Waals surface area contributed by atoms with Crippen LogP contribution in [-0.2, 0) is 10.0 Å². The van der Waals surface area contributed by atoms with Gasteiger partial charge in [0.2, 0.25) is 10.0 Å². The molecule has 0 aromatic heterocycles. The summed E-state index contributed by atoms with van der Waals surface area (Å²) >= 11 is 0. The van der Waals surface area contributed by atoms with Crippen molar-refractivity contribution >= 4 is 10.0 Å². The zero-order valence-corrected chi connectivity index (χ0v) is 11.0. The van der Waals surface area contributed by atoms with Crippen LogP contribution in [0.3, 0.4) is 0 Å². The average molecular weight is 249 g/mol. The molecule has 1 rings (SSSR count). The maximum Gasteiger partial charge on any atom is 0.209 e. The second kappa shape index (κ2) is 5.00. The zero-order valence-electron chi connectivity index (χ0n) is 10.1. The number of piperidine rings is 1. The van der Waals surface area contributed by atoms with Gasteiger partial charge in [0.15, 0.2) is 0 Å². The second-order valence-electron chi connectivity index (χ2n) is 5.56. The molecule has 6 heteroatoms. The fourth-order valence-electron chi connectivity index (χ4n) is 2.34. The van der Waals surface area contributed by atoms with Crippen LogP contribution in [0.2, 0.25) is 0 Å². The Balaban J connectivity index is 2.48. The number of sulfonamides is 1. The molecule has 0 spiro atoms. The first kappa shape index (κ1) is 13.9. The SMILES string of the molecule is CC(C)(N)CN1CCCC(CS(N)(=O)=O)C1. The number of hydrogen-bond acceptors (Lipinski definition) is 4. The largest absolute Gasteiger partial charge is 0.324 e. The van der Waals surface area contributed by atoms with Crippen molar-refractivity contribution in [2.45, 2.75) is 32.2 Å². The van der Waals surface area contributed by atoms with Crippen molar-refractivity contribution in [2.75, 3.05) is 25.4 Å². The van der Waals surface area contributed by atoms with E-state index in [1.165, 1.54) is 0 Å². The van der Waals surface area contributed by atoms with Gasteiger partial charge >= 0.3 is 0 Å². The highest BCUT2D eigenvalue weighted by molar-refractivity contribution is 7.89. The number of likely N-dealkylation sites (tertiary alicyclic amines) is 1. The van der Waals surface area contributed by atoms with E-state index in [9.17, 15) is 8.42 Å². The molecular weight excluding hydrogens is 226 g/mol. The lowest BCUT2D eigenvalue weighted by Gasteiger charge is -2.36. The number of rotatable bonds is 4. The van der Waals surface area contributed by atoms with Gasteiger partial charge in [0.05, 0.1) is 5.75 Å². The summed E-state index contributed by atoms with van der Waals surface area (Å²) in [6, 6.07) is 0. The van der Waals surface area contributed by atoms with E-state index >= 15 is 0 Å². The molecule has 4 N–H and O–H groups in total. The van der Waals surface area contributed by atoms with Gasteiger partial charge in [0.1, 0.15) is 0 Å². The summed E-state index contributed by atoms with van der Waals surface area (Å²) in [5.74, 6) is 0.250. The fraction of sp³-hybridized carbons (Fsp3) is 1.00. The van der Waals surface area contributed by atoms with Crippen LogP contribution in [0.25, 0.3) is 0 Å². The fourth-order valence-corrected chi connectivity index (χ4v) is 3.26. The first-order valence-electron chi connectivity index (χ1n) is 5.67. The summed E-state index contributed by atoms with van der Waals surface area (Å²) in [5, 5.41) is 5.07. The third kappa shape index (κ3) is 5.79. The van der Waals surface area contributed by atoms with E-state index in [1.54, 1.807) is 0 Å². The standard InChI is InChI=1S/C10H23N3O2S/c1-10(2,11)8-13-5-3-4-9(6-13)7-16(12,14)15/h9H,3-8,11H2,1-2H3,(H2,12,14,15). The Morgan fingerprint density at radius 1 is 1.44 bits per heavy atom. The monoisotopic (exact) mass is 249 g/mol. The summed E-state index contributed by atoms with van der Waals surface area (Å²) in [6.07, 6.45) is 1.97. The Labute approximate surface area is 98.2 Å². The Hall–Kier alpha value is -0.170. The first-order valence-corrected chi connectivity index (χ1v) is 7.39. The van der Waals surface area contributed by atoms with Crippen LogP contribution in [0.5, 0.6) is 0 Å². The summed E-state index contributed by atoms with van der Waals surface area (Å²) < 4.78 is 22.1. The molecule has 0 saturated carbocycles. The highest BCUT2D eigenvalue weighted by atomic mass is 32.2. The lowest BCUT2D eigenvalue weighted by atomic mass is 9.97. The van der Waals surface area contributed by atoms with Gasteiger partial charge in [-0.05, 0) is 39.2 Å². The van der Waals surface area contributed by atoms with Crippen molar-refractivity contribution in [1.82, 2.24) is 4.90 Å². The summed E-state index contributed by atoms with van der Waals surface area (Å²) in [6.45, 7) is 6.56. The van der Waals surface area contributed by atoms with Gasteiger partial charge in [-0.25, -0.2) is 13.6 Å². The van der Waals surface area contributed by atoms with Crippen LogP contribution in [0.1, 0.15) is 26.7 Å². The maximum atomic E-state index is 11.0. The number of nitrogens with zero attached hydrogens (tertiary/aromatic N) is 1. The molecule has 1 aliphatic heterocycles. The summed E-state index contributed by atoms with van der Waals surface area (Å²) in [5.41, 5.74) is 5.72. The molecule has 16 heavy (non-hydrogen) atoms. The van der Waals surface area contributed by atoms with Crippen molar-refractivity contribution in [3.8, 4) is 0 Å². The van der Waals surface area contributed by atoms with Gasteiger partial charge in [-0.1, -0.05) is 0 Å². The minimum Gasteiger partial charge on any atom is -0.324 e. The number of primary sulfonamides is 1. The smallest absolute Gasteiger partial charge is 0.209 e. The summed E-state index contributed by atoms with van der Waals surface area (Å²) in [4.78, 5) is 2.24. The van der Waals surface area contributed by atoms with Crippen molar-refractivity contribution in [3.05, 3.63) is 0 Å². The lowest BCUT2D eigenvalue weighted by Crippen LogP contribution is -2.49. The topological polar surface area (TPSA) is 89.4 Å². The number of nitrogens with two attached hydrogens (primary N) is 2. The van der Waals surface area contributed by atoms with E-state index in [0.29, 0.717) is 0 Å². The van der Waals surface area contributed by atoms with Crippen LogP contribution >= 0.6 is 0 Å². The van der Waals surface area contributed by atoms with Crippen LogP contribution in [0.4, 0.5) is 0 Å². The molecule has 1 saturated heterocycles. The van der Waals surface area contributed by atoms with E-state index in [-0.39, 0.29) is 17.2 Å². The normalized spacial score (nSPS) is 24.6. The Kier molecular flexibility index (Phi) is 4.34. The average Bonchev–Trinajstić information content (AvgIpc) is 1.96. The lowest BCUT2D eigenvalue weighted by molar-refractivity contribution is 0.157. The van der Waals surface area contributed by atoms with E-state index < -0.39 is 10.0 Å². The van der Waals surface area contributed by atoms with Gasteiger partial charge in [-0.2, -0.15) is 0 Å². The van der Waals surface area contributed by atoms with E-state index in [2.05, 4.69) is 4.90 Å². The molecule has 96 valence electrons. The molecular formula is C10H23N3O2S. The van der Waals surface area contributed by atoms with E-state index in [4.69, 9.17) is 10.9 Å². The van der Waals surface area contributed by atoms with Gasteiger partial charge in [-0.3, -0.25) is 0 Å². The van der Waals surface area contributed by atoms with E-state index in [1.807, 2.05) is 13.8 Å². The summed E-state index contributed by atoms with van der Waals surface area (Å²) in [7, 11) is -3.35. The third-order valence-corrected chi connectivity index (χ3v) is 3.64. The van der Waals surface area contributed by atoms with Gasteiger partial charge < -0.3 is 10.6 Å². The van der Waals surface area contributed by atoms with Crippen molar-refractivity contribution in [1.29, 1.82) is 0 Å². The van der Waals surface area contributed by atoms with Gasteiger partial charge in [0, 0.05) is 18.6 Å². The highest BCUT2D eigenvalue weighted by Crippen LogP contribution is 2.18. The Morgan fingerprint density at radius 3 is 2.56 bits per heavy atom. The minimum atomic E-state index is -3.35. The van der Waals surface area contributed by atoms with E-state index in [0.717, 1.165) is 32.5 Å². The highest BCUT2D eigenvalue weighted by Gasteiger charge is 2.26. The predicted octanol–water partition coefficient (Wildman–Crippen LogP) is -0.276. The Morgan fingerprint density at radius 2 is 2.06 bits per heavy atom. The van der Waals surface area contributed by atoms with Crippen molar-refractivity contribution < 1.29 is 8.42 Å². The molecule has 1 aliphatic rings. The zero-order chi connectivity index (χ0) is 12.4. The molecule has 0 aliphatic carbocycles. The van der Waals surface area contributed by atoms with Crippen molar-refractivity contribution in [3.63, 3.8) is 0 Å². The molecule has 5 nitrogen and oxygen atoms in total. The van der Waals surface area contributed by atoms with Crippen LogP contribution in [-0.4, -0.2) is 44.2 Å². The minimum absolute atomic E-state index is 0.0918. The molecule has 0 amide bonds. The molecule has 0 radical (unpaired) electrons. The third-order valence-electron chi connectivity index (χ3n) is 2.70. The van der Waals surface area contributed by atoms with Crippen molar-refractivity contribution in [2.24, 2.45) is 16.8 Å². The molecule has 1 atom stereocenters. The van der Waals surface area contributed by atoms with Gasteiger partial charge in [-0.15, -0.1) is 0 Å². The number of hydrogen-bond donors (Lipinski definition) is 2. The first-order chi connectivity index (χ1) is 7.16. The quantitative estimate of drug-likeness (QED) is 0.717. The van der Waals surface area contributed by atoms with Crippen LogP contribution < -0.4 is 10.9 Å². The predicted molar refractivity (Wildman–Crippen MR) is 65.4 cm³/mol. The molecule has 1 unspecified atom stereocenters. The molecule has 1 fully saturated rings. The van der Waals surface area contributed by atoms with Crippen LogP contribution in [0, 0.1) is 5.92 Å². The molecule has 0 aromatic rings. The molecule has 0 bridgehead atoms.